The van der Waals surface area contributed by atoms with E-state index in [1.807, 2.05) is 25.1 Å². The lowest BCUT2D eigenvalue weighted by Gasteiger charge is -2.47. The van der Waals surface area contributed by atoms with Crippen LogP contribution in [0.2, 0.25) is 0 Å². The van der Waals surface area contributed by atoms with Gasteiger partial charge in [-0.1, -0.05) is 26.0 Å². The highest BCUT2D eigenvalue weighted by Gasteiger charge is 2.36. The first-order valence-electron chi connectivity index (χ1n) is 5.48. The molecule has 1 saturated heterocycles. The van der Waals surface area contributed by atoms with Crippen molar-refractivity contribution in [3.63, 3.8) is 0 Å². The number of nitrogens with zero attached hydrogens (tertiary/aromatic N) is 1. The third-order valence-electron chi connectivity index (χ3n) is 3.04. The fourth-order valence-electron chi connectivity index (χ4n) is 2.35. The Kier molecular flexibility index (Phi) is 2.41. The molecular weight excluding hydrogens is 202 g/mol. The van der Waals surface area contributed by atoms with Crippen molar-refractivity contribution in [2.24, 2.45) is 5.41 Å². The summed E-state index contributed by atoms with van der Waals surface area (Å²) in [5, 5.41) is 9.22. The summed E-state index contributed by atoms with van der Waals surface area (Å²) in [7, 11) is 0. The highest BCUT2D eigenvalue weighted by Crippen LogP contribution is 2.36. The maximum Gasteiger partial charge on any atom is 0.338 e. The van der Waals surface area contributed by atoms with Gasteiger partial charge < -0.3 is 10.0 Å². The molecule has 0 atom stereocenters. The van der Waals surface area contributed by atoms with E-state index < -0.39 is 5.97 Å². The predicted molar refractivity (Wildman–Crippen MR) is 64.1 cm³/mol. The molecule has 1 heterocycles. The first kappa shape index (κ1) is 11.0. The van der Waals surface area contributed by atoms with Crippen LogP contribution < -0.4 is 4.90 Å². The highest BCUT2D eigenvalue weighted by molar-refractivity contribution is 5.96. The van der Waals surface area contributed by atoms with Gasteiger partial charge in [-0.05, 0) is 24.0 Å². The molecule has 1 fully saturated rings. The molecule has 86 valence electrons. The van der Waals surface area contributed by atoms with Crippen LogP contribution in [-0.4, -0.2) is 24.2 Å². The van der Waals surface area contributed by atoms with E-state index in [0.717, 1.165) is 24.3 Å². The molecule has 1 aliphatic heterocycles. The lowest BCUT2D eigenvalue weighted by Crippen LogP contribution is -2.53. The summed E-state index contributed by atoms with van der Waals surface area (Å²) < 4.78 is 0. The molecular formula is C13H17NO2. The standard InChI is InChI=1S/C13H17NO2/c1-9-5-4-6-10(11(9)12(15)16)14-7-13(2,3)8-14/h4-6H,7-8H2,1-3H3,(H,15,16). The van der Waals surface area contributed by atoms with E-state index in [9.17, 15) is 9.90 Å². The van der Waals surface area contributed by atoms with Gasteiger partial charge in [0.15, 0.2) is 0 Å². The van der Waals surface area contributed by atoms with Gasteiger partial charge in [0.25, 0.3) is 0 Å². The van der Waals surface area contributed by atoms with Gasteiger partial charge in [0, 0.05) is 13.1 Å². The molecule has 0 amide bonds. The van der Waals surface area contributed by atoms with Gasteiger partial charge in [-0.3, -0.25) is 0 Å². The maximum absolute atomic E-state index is 11.2. The minimum Gasteiger partial charge on any atom is -0.478 e. The quantitative estimate of drug-likeness (QED) is 0.831. The summed E-state index contributed by atoms with van der Waals surface area (Å²) in [5.74, 6) is -0.835. The zero-order chi connectivity index (χ0) is 11.9. The smallest absolute Gasteiger partial charge is 0.338 e. The van der Waals surface area contributed by atoms with Crippen molar-refractivity contribution in [2.45, 2.75) is 20.8 Å². The van der Waals surface area contributed by atoms with Crippen molar-refractivity contribution in [3.8, 4) is 0 Å². The number of anilines is 1. The Balaban J connectivity index is 2.35. The molecule has 0 spiro atoms. The van der Waals surface area contributed by atoms with E-state index in [2.05, 4.69) is 18.7 Å². The molecule has 0 saturated carbocycles. The van der Waals surface area contributed by atoms with Crippen LogP contribution >= 0.6 is 0 Å². The van der Waals surface area contributed by atoms with Crippen molar-refractivity contribution < 1.29 is 9.90 Å². The molecule has 1 N–H and O–H groups in total. The molecule has 0 aliphatic carbocycles. The van der Waals surface area contributed by atoms with Gasteiger partial charge in [0.1, 0.15) is 0 Å². The molecule has 0 aromatic heterocycles. The number of rotatable bonds is 2. The maximum atomic E-state index is 11.2. The molecule has 0 radical (unpaired) electrons. The Bertz CT molecular complexity index is 430. The predicted octanol–water partition coefficient (Wildman–Crippen LogP) is 2.54. The zero-order valence-electron chi connectivity index (χ0n) is 9.95. The summed E-state index contributed by atoms with van der Waals surface area (Å²) in [6, 6.07) is 5.66. The first-order valence-corrected chi connectivity index (χ1v) is 5.48. The summed E-state index contributed by atoms with van der Waals surface area (Å²) >= 11 is 0. The molecule has 3 heteroatoms. The third kappa shape index (κ3) is 1.77. The van der Waals surface area contributed by atoms with Crippen molar-refractivity contribution in [1.82, 2.24) is 0 Å². The number of hydrogen-bond donors (Lipinski definition) is 1. The summed E-state index contributed by atoms with van der Waals surface area (Å²) in [5.41, 5.74) is 2.43. The second-order valence-corrected chi connectivity index (χ2v) is 5.29. The number of carbonyl (C=O) groups is 1. The van der Waals surface area contributed by atoms with Crippen molar-refractivity contribution >= 4 is 11.7 Å². The van der Waals surface area contributed by atoms with Crippen LogP contribution in [0.4, 0.5) is 5.69 Å². The van der Waals surface area contributed by atoms with Gasteiger partial charge in [-0.2, -0.15) is 0 Å². The SMILES string of the molecule is Cc1cccc(N2CC(C)(C)C2)c1C(=O)O. The number of carboxylic acid groups (broad SMARTS) is 1. The number of aryl methyl sites for hydroxylation is 1. The van der Waals surface area contributed by atoms with E-state index in [0.29, 0.717) is 11.0 Å². The van der Waals surface area contributed by atoms with Crippen LogP contribution in [0.15, 0.2) is 18.2 Å². The van der Waals surface area contributed by atoms with Gasteiger partial charge in [0.05, 0.1) is 11.3 Å². The van der Waals surface area contributed by atoms with Crippen LogP contribution in [0, 0.1) is 12.3 Å². The molecule has 16 heavy (non-hydrogen) atoms. The average molecular weight is 219 g/mol. The van der Waals surface area contributed by atoms with Crippen LogP contribution in [0.5, 0.6) is 0 Å². The van der Waals surface area contributed by atoms with Crippen LogP contribution in [0.25, 0.3) is 0 Å². The van der Waals surface area contributed by atoms with Gasteiger partial charge in [-0.25, -0.2) is 4.79 Å². The highest BCUT2D eigenvalue weighted by atomic mass is 16.4. The van der Waals surface area contributed by atoms with Gasteiger partial charge in [-0.15, -0.1) is 0 Å². The second kappa shape index (κ2) is 3.51. The monoisotopic (exact) mass is 219 g/mol. The lowest BCUT2D eigenvalue weighted by atomic mass is 9.83. The Labute approximate surface area is 95.7 Å². The minimum absolute atomic E-state index is 0.305. The molecule has 0 unspecified atom stereocenters. The lowest BCUT2D eigenvalue weighted by molar-refractivity contribution is 0.0696. The van der Waals surface area contributed by atoms with Crippen LogP contribution in [0.3, 0.4) is 0 Å². The number of benzene rings is 1. The van der Waals surface area contributed by atoms with E-state index in [-0.39, 0.29) is 0 Å². The molecule has 2 rings (SSSR count). The molecule has 0 bridgehead atoms. The molecule has 3 nitrogen and oxygen atoms in total. The fourth-order valence-corrected chi connectivity index (χ4v) is 2.35. The second-order valence-electron chi connectivity index (χ2n) is 5.29. The summed E-state index contributed by atoms with van der Waals surface area (Å²) in [6.45, 7) is 8.09. The van der Waals surface area contributed by atoms with Crippen molar-refractivity contribution in [2.75, 3.05) is 18.0 Å². The van der Waals surface area contributed by atoms with Crippen LogP contribution in [0.1, 0.15) is 29.8 Å². The molecule has 1 aromatic rings. The topological polar surface area (TPSA) is 40.5 Å². The summed E-state index contributed by atoms with van der Waals surface area (Å²) in [6.07, 6.45) is 0. The fraction of sp³-hybridized carbons (Fsp3) is 0.462. The Morgan fingerprint density at radius 2 is 2.00 bits per heavy atom. The average Bonchev–Trinajstić information content (AvgIpc) is 2.12. The van der Waals surface area contributed by atoms with Gasteiger partial charge >= 0.3 is 5.97 Å². The summed E-state index contributed by atoms with van der Waals surface area (Å²) in [4.78, 5) is 13.4. The molecule has 1 aromatic carbocycles. The minimum atomic E-state index is -0.835. The molecule has 1 aliphatic rings. The largest absolute Gasteiger partial charge is 0.478 e. The van der Waals surface area contributed by atoms with E-state index in [4.69, 9.17) is 0 Å². The normalized spacial score (nSPS) is 18.1. The number of aromatic carboxylic acids is 1. The van der Waals surface area contributed by atoms with Crippen molar-refractivity contribution in [3.05, 3.63) is 29.3 Å². The van der Waals surface area contributed by atoms with E-state index in [1.165, 1.54) is 0 Å². The first-order chi connectivity index (χ1) is 7.41. The van der Waals surface area contributed by atoms with Gasteiger partial charge in [0.2, 0.25) is 0 Å². The van der Waals surface area contributed by atoms with Crippen LogP contribution in [-0.2, 0) is 0 Å². The number of hydrogen-bond acceptors (Lipinski definition) is 2. The van der Waals surface area contributed by atoms with E-state index in [1.54, 1.807) is 0 Å². The Morgan fingerprint density at radius 3 is 2.50 bits per heavy atom. The Morgan fingerprint density at radius 1 is 1.38 bits per heavy atom. The van der Waals surface area contributed by atoms with Crippen molar-refractivity contribution in [1.29, 1.82) is 0 Å². The zero-order valence-corrected chi connectivity index (χ0v) is 9.95. The third-order valence-corrected chi connectivity index (χ3v) is 3.04. The Hall–Kier alpha value is -1.51. The van der Waals surface area contributed by atoms with E-state index >= 15 is 0 Å². The number of carboxylic acids is 1.